The zero-order chi connectivity index (χ0) is 22.2. The number of unbranched alkanes of at least 4 members (excludes halogenated alkanes) is 1. The minimum Gasteiger partial charge on any atom is -0.456 e. The summed E-state index contributed by atoms with van der Waals surface area (Å²) in [7, 11) is -4.59. The molecule has 0 aliphatic carbocycles. The third-order valence-corrected chi connectivity index (χ3v) is 5.92. The van der Waals surface area contributed by atoms with Crippen molar-refractivity contribution in [1.29, 1.82) is 0 Å². The van der Waals surface area contributed by atoms with Gasteiger partial charge >= 0.3 is 19.2 Å². The second-order valence-electron chi connectivity index (χ2n) is 7.26. The fraction of sp³-hybridized carbons (Fsp3) is 0.722. The van der Waals surface area contributed by atoms with Gasteiger partial charge in [0.1, 0.15) is 12.3 Å². The molecule has 8 nitrogen and oxygen atoms in total. The quantitative estimate of drug-likeness (QED) is 0.191. The lowest BCUT2D eigenvalue weighted by atomic mass is 10.2. The molecule has 29 heavy (non-hydrogen) atoms. The smallest absolute Gasteiger partial charge is 0.400 e. The van der Waals surface area contributed by atoms with Crippen LogP contribution in [0.2, 0.25) is 0 Å². The zero-order valence-corrected chi connectivity index (χ0v) is 18.5. The Labute approximate surface area is 170 Å². The Morgan fingerprint density at radius 1 is 1.24 bits per heavy atom. The second-order valence-corrected chi connectivity index (χ2v) is 9.33. The Kier molecular flexibility index (Phi) is 9.58. The summed E-state index contributed by atoms with van der Waals surface area (Å²) in [6.07, 6.45) is 0.0588. The van der Waals surface area contributed by atoms with Crippen LogP contribution in [0.1, 0.15) is 59.6 Å². The van der Waals surface area contributed by atoms with Crippen LogP contribution in [-0.4, -0.2) is 38.8 Å². The highest BCUT2D eigenvalue weighted by Crippen LogP contribution is 2.65. The van der Waals surface area contributed by atoms with E-state index in [0.717, 1.165) is 0 Å². The number of ether oxygens (including phenoxy) is 1. The van der Waals surface area contributed by atoms with Gasteiger partial charge in [-0.1, -0.05) is 11.8 Å². The summed E-state index contributed by atoms with van der Waals surface area (Å²) < 4.78 is 58.2. The van der Waals surface area contributed by atoms with E-state index in [1.54, 1.807) is 6.20 Å². The molecule has 0 spiro atoms. The van der Waals surface area contributed by atoms with Crippen LogP contribution in [0.5, 0.6) is 0 Å². The van der Waals surface area contributed by atoms with Gasteiger partial charge in [-0.25, -0.2) is 4.79 Å². The molecule has 0 saturated carbocycles. The molecule has 1 aromatic heterocycles. The molecule has 0 saturated heterocycles. The highest BCUT2D eigenvalue weighted by Gasteiger charge is 2.53. The van der Waals surface area contributed by atoms with Gasteiger partial charge in [-0.3, -0.25) is 9.25 Å². The van der Waals surface area contributed by atoms with E-state index in [9.17, 15) is 18.1 Å². The summed E-state index contributed by atoms with van der Waals surface area (Å²) in [6, 6.07) is 0. The molecule has 0 unspecified atom stereocenters. The van der Waals surface area contributed by atoms with Crippen LogP contribution in [0.15, 0.2) is 18.3 Å². The number of carbonyl (C=O) groups is 1. The molecule has 0 N–H and O–H groups in total. The number of nitrogens with zero attached hydrogens (tertiary/aromatic N) is 3. The third kappa shape index (κ3) is 8.32. The number of aromatic nitrogens is 3. The molecule has 1 heterocycles. The number of esters is 1. The molecule has 1 rings (SSSR count). The first-order valence-electron chi connectivity index (χ1n) is 9.42. The lowest BCUT2D eigenvalue weighted by molar-refractivity contribution is -0.140. The Morgan fingerprint density at radius 3 is 2.34 bits per heavy atom. The van der Waals surface area contributed by atoms with Gasteiger partial charge in [0.2, 0.25) is 0 Å². The SMILES string of the molecule is C=C(C)C(=O)OCc1cn(CCCCC(F)(F)P(=O)(OC(C)C)OC(C)C)nn1. The van der Waals surface area contributed by atoms with Crippen molar-refractivity contribution in [1.82, 2.24) is 15.0 Å². The number of hydrogen-bond donors (Lipinski definition) is 0. The Bertz CT molecular complexity index is 723. The molecule has 0 atom stereocenters. The number of carbonyl (C=O) groups excluding carboxylic acids is 1. The van der Waals surface area contributed by atoms with Gasteiger partial charge in [-0.2, -0.15) is 8.78 Å². The van der Waals surface area contributed by atoms with Gasteiger partial charge < -0.3 is 13.8 Å². The zero-order valence-electron chi connectivity index (χ0n) is 17.6. The maximum Gasteiger partial charge on any atom is 0.400 e. The first kappa shape index (κ1) is 25.4. The summed E-state index contributed by atoms with van der Waals surface area (Å²) in [5.74, 6) is -0.529. The van der Waals surface area contributed by atoms with Gasteiger partial charge in [0, 0.05) is 18.5 Å². The topological polar surface area (TPSA) is 92.5 Å². The Hall–Kier alpha value is -1.64. The van der Waals surface area contributed by atoms with E-state index >= 15 is 0 Å². The largest absolute Gasteiger partial charge is 0.456 e. The maximum atomic E-state index is 14.6. The summed E-state index contributed by atoms with van der Waals surface area (Å²) in [5, 5.41) is 7.71. The van der Waals surface area contributed by atoms with E-state index in [1.807, 2.05) is 0 Å². The van der Waals surface area contributed by atoms with Crippen molar-refractivity contribution >= 4 is 13.6 Å². The van der Waals surface area contributed by atoms with E-state index in [-0.39, 0.29) is 18.6 Å². The van der Waals surface area contributed by atoms with E-state index in [2.05, 4.69) is 16.9 Å². The van der Waals surface area contributed by atoms with Crippen LogP contribution < -0.4 is 0 Å². The van der Waals surface area contributed by atoms with Crippen LogP contribution in [0.25, 0.3) is 0 Å². The number of rotatable bonds is 13. The summed E-state index contributed by atoms with van der Waals surface area (Å²) in [6.45, 7) is 11.4. The number of halogens is 2. The van der Waals surface area contributed by atoms with Crippen molar-refractivity contribution in [3.05, 3.63) is 24.0 Å². The van der Waals surface area contributed by atoms with E-state index < -0.39 is 37.9 Å². The van der Waals surface area contributed by atoms with Crippen molar-refractivity contribution in [2.75, 3.05) is 0 Å². The Balaban J connectivity index is 2.54. The van der Waals surface area contributed by atoms with Gasteiger partial charge in [0.25, 0.3) is 0 Å². The minimum absolute atomic E-state index is 0.0496. The Morgan fingerprint density at radius 2 is 1.83 bits per heavy atom. The average Bonchev–Trinajstić information content (AvgIpc) is 3.02. The highest BCUT2D eigenvalue weighted by atomic mass is 31.2. The average molecular weight is 437 g/mol. The molecule has 166 valence electrons. The number of aryl methyl sites for hydroxylation is 1. The van der Waals surface area contributed by atoms with Crippen molar-refractivity contribution in [3.63, 3.8) is 0 Å². The lowest BCUT2D eigenvalue weighted by Crippen LogP contribution is -2.24. The van der Waals surface area contributed by atoms with Crippen molar-refractivity contribution in [2.45, 2.75) is 84.9 Å². The van der Waals surface area contributed by atoms with Crippen LogP contribution in [0.4, 0.5) is 8.78 Å². The predicted octanol–water partition coefficient (Wildman–Crippen LogP) is 4.70. The molecule has 0 radical (unpaired) electrons. The van der Waals surface area contributed by atoms with Crippen LogP contribution in [-0.2, 0) is 36.3 Å². The first-order valence-corrected chi connectivity index (χ1v) is 11.0. The fourth-order valence-corrected chi connectivity index (χ4v) is 4.16. The summed E-state index contributed by atoms with van der Waals surface area (Å²) in [5.41, 5.74) is -2.88. The normalized spacial score (nSPS) is 12.6. The fourth-order valence-electron chi connectivity index (χ4n) is 2.26. The predicted molar refractivity (Wildman–Crippen MR) is 103 cm³/mol. The van der Waals surface area contributed by atoms with Crippen LogP contribution in [0.3, 0.4) is 0 Å². The molecule has 0 fully saturated rings. The molecule has 11 heteroatoms. The second kappa shape index (κ2) is 10.9. The number of hydrogen-bond acceptors (Lipinski definition) is 7. The molecule has 0 bridgehead atoms. The van der Waals surface area contributed by atoms with E-state index in [1.165, 1.54) is 39.3 Å². The van der Waals surface area contributed by atoms with Gasteiger partial charge in [-0.05, 0) is 47.5 Å². The number of alkyl halides is 2. The van der Waals surface area contributed by atoms with Gasteiger partial charge in [0.05, 0.1) is 18.4 Å². The lowest BCUT2D eigenvalue weighted by Gasteiger charge is -2.29. The molecule has 0 aliphatic rings. The van der Waals surface area contributed by atoms with Gasteiger partial charge in [-0.15, -0.1) is 5.10 Å². The summed E-state index contributed by atoms with van der Waals surface area (Å²) >= 11 is 0. The minimum atomic E-state index is -4.59. The molecule has 0 aliphatic heterocycles. The maximum absolute atomic E-state index is 14.6. The molecule has 1 aromatic rings. The highest BCUT2D eigenvalue weighted by molar-refractivity contribution is 7.55. The van der Waals surface area contributed by atoms with E-state index in [0.29, 0.717) is 18.7 Å². The third-order valence-electron chi connectivity index (χ3n) is 3.50. The van der Waals surface area contributed by atoms with Crippen molar-refractivity contribution in [3.8, 4) is 0 Å². The van der Waals surface area contributed by atoms with Crippen molar-refractivity contribution < 1.29 is 31.9 Å². The van der Waals surface area contributed by atoms with Crippen molar-refractivity contribution in [2.24, 2.45) is 0 Å². The molecular weight excluding hydrogens is 407 g/mol. The summed E-state index contributed by atoms with van der Waals surface area (Å²) in [4.78, 5) is 11.4. The molecule has 0 aromatic carbocycles. The van der Waals surface area contributed by atoms with Gasteiger partial charge in [0.15, 0.2) is 0 Å². The molecule has 0 amide bonds. The van der Waals surface area contributed by atoms with E-state index in [4.69, 9.17) is 13.8 Å². The van der Waals surface area contributed by atoms with Crippen LogP contribution in [0, 0.1) is 0 Å². The first-order chi connectivity index (χ1) is 13.4. The standard InChI is InChI=1S/C18H30F2N3O5P/c1-13(2)17(24)26-12-16-11-23(22-21-16)10-8-7-9-18(19,20)29(25,27-14(3)4)28-15(5)6/h11,14-15H,1,7-10,12H2,2-6H3. The molecular formula is C18H30F2N3O5P. The van der Waals surface area contributed by atoms with Crippen LogP contribution >= 0.6 is 7.60 Å². The monoisotopic (exact) mass is 437 g/mol.